The molecule has 6 nitrogen and oxygen atoms in total. The molecule has 1 aromatic carbocycles. The Morgan fingerprint density at radius 1 is 1.33 bits per heavy atom. The zero-order chi connectivity index (χ0) is 15.2. The number of amides is 1. The molecule has 1 heterocycles. The molecule has 1 aromatic heterocycles. The lowest BCUT2D eigenvalue weighted by atomic mass is 10.1. The fourth-order valence-corrected chi connectivity index (χ4v) is 2.00. The molecule has 0 bridgehead atoms. The van der Waals surface area contributed by atoms with Crippen molar-refractivity contribution in [2.24, 2.45) is 0 Å². The van der Waals surface area contributed by atoms with Gasteiger partial charge in [0.25, 0.3) is 5.91 Å². The molecule has 0 aliphatic rings. The molecule has 106 valence electrons. The van der Waals surface area contributed by atoms with E-state index in [1.165, 1.54) is 6.20 Å². The summed E-state index contributed by atoms with van der Waals surface area (Å²) in [5, 5.41) is 20.7. The predicted molar refractivity (Wildman–Crippen MR) is 75.5 cm³/mol. The molecule has 0 spiro atoms. The van der Waals surface area contributed by atoms with Gasteiger partial charge in [-0.1, -0.05) is 18.2 Å². The Morgan fingerprint density at radius 3 is 2.81 bits per heavy atom. The maximum Gasteiger partial charge on any atom is 0.326 e. The van der Waals surface area contributed by atoms with Gasteiger partial charge in [0.2, 0.25) is 0 Å². The van der Waals surface area contributed by atoms with Crippen LogP contribution in [0.25, 0.3) is 10.9 Å². The first kappa shape index (κ1) is 14.5. The summed E-state index contributed by atoms with van der Waals surface area (Å²) in [6.07, 6.45) is 1.64. The zero-order valence-electron chi connectivity index (χ0n) is 11.1. The summed E-state index contributed by atoms with van der Waals surface area (Å²) in [6, 6.07) is 9.45. The number of carboxylic acid groups (broad SMARTS) is 1. The number of benzene rings is 1. The van der Waals surface area contributed by atoms with Gasteiger partial charge in [-0.15, -0.1) is 0 Å². The molecular formula is C15H13N3O3. The number of rotatable bonds is 5. The average molecular weight is 283 g/mol. The summed E-state index contributed by atoms with van der Waals surface area (Å²) in [7, 11) is 0. The highest BCUT2D eigenvalue weighted by molar-refractivity contribution is 6.06. The van der Waals surface area contributed by atoms with Crippen molar-refractivity contribution in [2.45, 2.75) is 18.9 Å². The summed E-state index contributed by atoms with van der Waals surface area (Å²) >= 11 is 0. The van der Waals surface area contributed by atoms with E-state index in [1.807, 2.05) is 12.1 Å². The van der Waals surface area contributed by atoms with E-state index in [9.17, 15) is 9.59 Å². The van der Waals surface area contributed by atoms with Gasteiger partial charge >= 0.3 is 5.97 Å². The number of hydrogen-bond donors (Lipinski definition) is 2. The number of nitrogens with one attached hydrogen (secondary N) is 1. The first-order valence-corrected chi connectivity index (χ1v) is 6.38. The molecule has 6 heteroatoms. The normalized spacial score (nSPS) is 11.6. The van der Waals surface area contributed by atoms with Crippen LogP contribution in [-0.2, 0) is 4.79 Å². The highest BCUT2D eigenvalue weighted by atomic mass is 16.4. The topological polar surface area (TPSA) is 103 Å². The number of para-hydroxylation sites is 1. The van der Waals surface area contributed by atoms with Crippen LogP contribution in [0.2, 0.25) is 0 Å². The van der Waals surface area contributed by atoms with Crippen LogP contribution in [0, 0.1) is 11.3 Å². The third kappa shape index (κ3) is 3.34. The van der Waals surface area contributed by atoms with Gasteiger partial charge in [0.15, 0.2) is 0 Å². The van der Waals surface area contributed by atoms with Gasteiger partial charge in [0, 0.05) is 18.0 Å². The first-order valence-electron chi connectivity index (χ1n) is 6.38. The van der Waals surface area contributed by atoms with Crippen LogP contribution in [0.3, 0.4) is 0 Å². The second-order valence-electron chi connectivity index (χ2n) is 4.44. The SMILES string of the molecule is N#CCC[C@@H](NC(=O)c1ccnc2ccccc12)C(=O)O. The van der Waals surface area contributed by atoms with Crippen molar-refractivity contribution in [3.8, 4) is 6.07 Å². The van der Waals surface area contributed by atoms with Crippen molar-refractivity contribution in [3.05, 3.63) is 42.1 Å². The number of nitriles is 1. The number of nitrogens with zero attached hydrogens (tertiary/aromatic N) is 2. The van der Waals surface area contributed by atoms with Crippen LogP contribution >= 0.6 is 0 Å². The van der Waals surface area contributed by atoms with Gasteiger partial charge < -0.3 is 10.4 Å². The number of fused-ring (bicyclic) bond motifs is 1. The van der Waals surface area contributed by atoms with Gasteiger partial charge in [-0.2, -0.15) is 5.26 Å². The second kappa shape index (κ2) is 6.48. The lowest BCUT2D eigenvalue weighted by Gasteiger charge is -2.13. The average Bonchev–Trinajstić information content (AvgIpc) is 2.50. The summed E-state index contributed by atoms with van der Waals surface area (Å²) in [5.74, 6) is -1.64. The van der Waals surface area contributed by atoms with E-state index in [-0.39, 0.29) is 12.8 Å². The molecule has 2 rings (SSSR count). The Balaban J connectivity index is 2.26. The van der Waals surface area contributed by atoms with Crippen molar-refractivity contribution < 1.29 is 14.7 Å². The van der Waals surface area contributed by atoms with Crippen molar-refractivity contribution in [3.63, 3.8) is 0 Å². The molecule has 2 N–H and O–H groups in total. The standard InChI is InChI=1S/C15H13N3O3/c16-8-3-6-13(15(20)21)18-14(19)11-7-9-17-12-5-2-1-4-10(11)12/h1-2,4-5,7,9,13H,3,6H2,(H,18,19)(H,20,21)/t13-/m1/s1. The Labute approximate surface area is 121 Å². The monoisotopic (exact) mass is 283 g/mol. The Kier molecular flexibility index (Phi) is 4.46. The summed E-state index contributed by atoms with van der Waals surface area (Å²) < 4.78 is 0. The van der Waals surface area contributed by atoms with Crippen molar-refractivity contribution in [2.75, 3.05) is 0 Å². The van der Waals surface area contributed by atoms with Gasteiger partial charge in [0.1, 0.15) is 6.04 Å². The van der Waals surface area contributed by atoms with Crippen LogP contribution in [0.15, 0.2) is 36.5 Å². The highest BCUT2D eigenvalue weighted by Crippen LogP contribution is 2.16. The van der Waals surface area contributed by atoms with Crippen LogP contribution in [-0.4, -0.2) is 28.0 Å². The molecule has 0 aliphatic heterocycles. The third-order valence-corrected chi connectivity index (χ3v) is 3.04. The molecule has 0 unspecified atom stereocenters. The molecule has 0 fully saturated rings. The fraction of sp³-hybridized carbons (Fsp3) is 0.200. The number of carbonyl (C=O) groups is 2. The van der Waals surface area contributed by atoms with Gasteiger partial charge in [-0.05, 0) is 18.6 Å². The number of hydrogen-bond acceptors (Lipinski definition) is 4. The van der Waals surface area contributed by atoms with E-state index < -0.39 is 17.9 Å². The van der Waals surface area contributed by atoms with Crippen LogP contribution < -0.4 is 5.32 Å². The minimum absolute atomic E-state index is 0.0638. The van der Waals surface area contributed by atoms with E-state index >= 15 is 0 Å². The van der Waals surface area contributed by atoms with E-state index in [2.05, 4.69) is 10.3 Å². The van der Waals surface area contributed by atoms with E-state index in [1.54, 1.807) is 24.3 Å². The lowest BCUT2D eigenvalue weighted by Crippen LogP contribution is -2.40. The van der Waals surface area contributed by atoms with Gasteiger partial charge in [0.05, 0.1) is 17.1 Å². The summed E-state index contributed by atoms with van der Waals surface area (Å²) in [6.45, 7) is 0. The predicted octanol–water partition coefficient (Wildman–Crippen LogP) is 1.72. The summed E-state index contributed by atoms with van der Waals surface area (Å²) in [4.78, 5) is 27.5. The van der Waals surface area contributed by atoms with Crippen molar-refractivity contribution in [1.82, 2.24) is 10.3 Å². The Hall–Kier alpha value is -2.94. The first-order chi connectivity index (χ1) is 10.1. The molecular weight excluding hydrogens is 270 g/mol. The maximum absolute atomic E-state index is 12.3. The smallest absolute Gasteiger partial charge is 0.326 e. The maximum atomic E-state index is 12.3. The van der Waals surface area contributed by atoms with Gasteiger partial charge in [-0.25, -0.2) is 4.79 Å². The lowest BCUT2D eigenvalue weighted by molar-refractivity contribution is -0.139. The second-order valence-corrected chi connectivity index (χ2v) is 4.44. The number of carboxylic acids is 1. The van der Waals surface area contributed by atoms with Crippen molar-refractivity contribution in [1.29, 1.82) is 5.26 Å². The molecule has 0 saturated carbocycles. The number of carbonyl (C=O) groups excluding carboxylic acids is 1. The van der Waals surface area contributed by atoms with E-state index in [4.69, 9.17) is 10.4 Å². The molecule has 2 aromatic rings. The number of pyridine rings is 1. The molecule has 21 heavy (non-hydrogen) atoms. The minimum atomic E-state index is -1.16. The summed E-state index contributed by atoms with van der Waals surface area (Å²) in [5.41, 5.74) is 1.03. The van der Waals surface area contributed by atoms with E-state index in [0.717, 1.165) is 0 Å². The molecule has 1 amide bonds. The third-order valence-electron chi connectivity index (χ3n) is 3.04. The Bertz CT molecular complexity index is 716. The van der Waals surface area contributed by atoms with Crippen LogP contribution in [0.4, 0.5) is 0 Å². The van der Waals surface area contributed by atoms with Crippen LogP contribution in [0.1, 0.15) is 23.2 Å². The largest absolute Gasteiger partial charge is 0.480 e. The van der Waals surface area contributed by atoms with Gasteiger partial charge in [-0.3, -0.25) is 9.78 Å². The van der Waals surface area contributed by atoms with E-state index in [0.29, 0.717) is 16.5 Å². The van der Waals surface area contributed by atoms with Crippen molar-refractivity contribution >= 4 is 22.8 Å². The Morgan fingerprint density at radius 2 is 2.10 bits per heavy atom. The fourth-order valence-electron chi connectivity index (χ4n) is 2.00. The highest BCUT2D eigenvalue weighted by Gasteiger charge is 2.21. The minimum Gasteiger partial charge on any atom is -0.480 e. The molecule has 0 aliphatic carbocycles. The number of aliphatic carboxylic acids is 1. The zero-order valence-corrected chi connectivity index (χ0v) is 11.1. The molecule has 0 radical (unpaired) electrons. The molecule has 0 saturated heterocycles. The quantitative estimate of drug-likeness (QED) is 0.869. The number of aromatic nitrogens is 1. The van der Waals surface area contributed by atoms with Crippen LogP contribution in [0.5, 0.6) is 0 Å². The molecule has 1 atom stereocenters.